The van der Waals surface area contributed by atoms with Gasteiger partial charge in [0.15, 0.2) is 0 Å². The number of primary amides is 1. The number of urea groups is 1. The Kier molecular flexibility index (Phi) is 4.05. The second-order valence-corrected chi connectivity index (χ2v) is 6.49. The molecule has 1 aliphatic carbocycles. The van der Waals surface area contributed by atoms with Crippen LogP contribution in [0.15, 0.2) is 30.3 Å². The highest BCUT2D eigenvalue weighted by Gasteiger charge is 2.43. The standard InChI is InChI=1S/C17H23N3O2/c1-11(14-9-15(14)12-5-3-2-4-6-12)19-17(22)20-8-7-13(10-20)16(18)21/h2-6,11,13-15H,7-10H2,1H3,(H2,18,21)(H,19,22). The summed E-state index contributed by atoms with van der Waals surface area (Å²) in [6, 6.07) is 10.5. The summed E-state index contributed by atoms with van der Waals surface area (Å²) in [6.07, 6.45) is 1.79. The van der Waals surface area contributed by atoms with Gasteiger partial charge in [0.25, 0.3) is 0 Å². The van der Waals surface area contributed by atoms with Crippen LogP contribution >= 0.6 is 0 Å². The zero-order valence-electron chi connectivity index (χ0n) is 12.9. The SMILES string of the molecule is CC(NC(=O)N1CCC(C(N)=O)C1)C1CC1c1ccccc1. The Hall–Kier alpha value is -2.04. The zero-order valence-corrected chi connectivity index (χ0v) is 12.9. The van der Waals surface area contributed by atoms with Crippen LogP contribution in [0.2, 0.25) is 0 Å². The molecule has 3 rings (SSSR count). The van der Waals surface area contributed by atoms with E-state index >= 15 is 0 Å². The van der Waals surface area contributed by atoms with E-state index in [1.165, 1.54) is 5.56 Å². The first-order valence-electron chi connectivity index (χ1n) is 7.96. The Morgan fingerprint density at radius 2 is 2.05 bits per heavy atom. The molecule has 1 aromatic carbocycles. The van der Waals surface area contributed by atoms with Gasteiger partial charge in [-0.05, 0) is 37.2 Å². The fourth-order valence-corrected chi connectivity index (χ4v) is 3.42. The third-order valence-electron chi connectivity index (χ3n) is 4.94. The second kappa shape index (κ2) is 5.99. The number of nitrogens with two attached hydrogens (primary N) is 1. The first-order valence-corrected chi connectivity index (χ1v) is 7.96. The Bertz CT molecular complexity index is 560. The Morgan fingerprint density at radius 3 is 2.68 bits per heavy atom. The van der Waals surface area contributed by atoms with Crippen molar-refractivity contribution in [3.8, 4) is 0 Å². The van der Waals surface area contributed by atoms with Crippen molar-refractivity contribution in [3.05, 3.63) is 35.9 Å². The van der Waals surface area contributed by atoms with Gasteiger partial charge in [-0.3, -0.25) is 4.79 Å². The van der Waals surface area contributed by atoms with Crippen LogP contribution < -0.4 is 11.1 Å². The van der Waals surface area contributed by atoms with E-state index in [4.69, 9.17) is 5.73 Å². The molecule has 2 fully saturated rings. The smallest absolute Gasteiger partial charge is 0.317 e. The van der Waals surface area contributed by atoms with Crippen LogP contribution in [0.25, 0.3) is 0 Å². The molecule has 5 nitrogen and oxygen atoms in total. The largest absolute Gasteiger partial charge is 0.369 e. The highest BCUT2D eigenvalue weighted by atomic mass is 16.2. The number of hydrogen-bond donors (Lipinski definition) is 2. The van der Waals surface area contributed by atoms with Gasteiger partial charge in [0.2, 0.25) is 5.91 Å². The molecule has 4 atom stereocenters. The number of nitrogens with zero attached hydrogens (tertiary/aromatic N) is 1. The minimum Gasteiger partial charge on any atom is -0.369 e. The van der Waals surface area contributed by atoms with E-state index in [9.17, 15) is 9.59 Å². The number of benzene rings is 1. The van der Waals surface area contributed by atoms with E-state index in [2.05, 4.69) is 36.5 Å². The molecular formula is C17H23N3O2. The van der Waals surface area contributed by atoms with Gasteiger partial charge >= 0.3 is 6.03 Å². The fourth-order valence-electron chi connectivity index (χ4n) is 3.42. The average molecular weight is 301 g/mol. The molecule has 1 heterocycles. The first kappa shape index (κ1) is 14.9. The van der Waals surface area contributed by atoms with Gasteiger partial charge in [-0.15, -0.1) is 0 Å². The normalized spacial score (nSPS) is 28.2. The maximum Gasteiger partial charge on any atom is 0.317 e. The van der Waals surface area contributed by atoms with Crippen LogP contribution in [-0.4, -0.2) is 36.0 Å². The first-order chi connectivity index (χ1) is 10.6. The Balaban J connectivity index is 1.50. The maximum absolute atomic E-state index is 12.3. The molecule has 0 spiro atoms. The number of carbonyl (C=O) groups excluding carboxylic acids is 2. The number of hydrogen-bond acceptors (Lipinski definition) is 2. The van der Waals surface area contributed by atoms with Crippen molar-refractivity contribution >= 4 is 11.9 Å². The van der Waals surface area contributed by atoms with Crippen molar-refractivity contribution in [2.75, 3.05) is 13.1 Å². The average Bonchev–Trinajstić information content (AvgIpc) is 3.16. The lowest BCUT2D eigenvalue weighted by molar-refractivity contribution is -0.121. The Morgan fingerprint density at radius 1 is 1.32 bits per heavy atom. The lowest BCUT2D eigenvalue weighted by Gasteiger charge is -2.21. The molecule has 1 aliphatic heterocycles. The van der Waals surface area contributed by atoms with Crippen molar-refractivity contribution < 1.29 is 9.59 Å². The maximum atomic E-state index is 12.3. The number of rotatable bonds is 4. The molecule has 1 saturated heterocycles. The molecule has 3 amide bonds. The van der Waals surface area contributed by atoms with Gasteiger partial charge < -0.3 is 16.0 Å². The van der Waals surface area contributed by atoms with Crippen molar-refractivity contribution in [2.24, 2.45) is 17.6 Å². The molecule has 0 aromatic heterocycles. The van der Waals surface area contributed by atoms with Crippen molar-refractivity contribution in [3.63, 3.8) is 0 Å². The molecule has 118 valence electrons. The summed E-state index contributed by atoms with van der Waals surface area (Å²) in [5, 5.41) is 3.08. The minimum absolute atomic E-state index is 0.0741. The molecule has 5 heteroatoms. The molecule has 2 aliphatic rings. The van der Waals surface area contributed by atoms with E-state index in [1.807, 2.05) is 6.07 Å². The van der Waals surface area contributed by atoms with Gasteiger partial charge in [0, 0.05) is 19.1 Å². The van der Waals surface area contributed by atoms with E-state index < -0.39 is 0 Å². The van der Waals surface area contributed by atoms with Crippen LogP contribution in [0.4, 0.5) is 4.79 Å². The summed E-state index contributed by atoms with van der Waals surface area (Å²) in [6.45, 7) is 3.12. The molecule has 1 saturated carbocycles. The molecule has 3 N–H and O–H groups in total. The molecule has 0 radical (unpaired) electrons. The van der Waals surface area contributed by atoms with Crippen LogP contribution in [0.1, 0.15) is 31.2 Å². The molecule has 1 aromatic rings. The number of nitrogens with one attached hydrogen (secondary N) is 1. The molecule has 22 heavy (non-hydrogen) atoms. The second-order valence-electron chi connectivity index (χ2n) is 6.49. The zero-order chi connectivity index (χ0) is 15.7. The quantitative estimate of drug-likeness (QED) is 0.888. The van der Waals surface area contributed by atoms with Gasteiger partial charge in [-0.2, -0.15) is 0 Å². The lowest BCUT2D eigenvalue weighted by Crippen LogP contribution is -2.44. The number of amides is 3. The van der Waals surface area contributed by atoms with E-state index in [0.717, 1.165) is 6.42 Å². The summed E-state index contributed by atoms with van der Waals surface area (Å²) in [5.74, 6) is 0.545. The molecular weight excluding hydrogens is 278 g/mol. The van der Waals surface area contributed by atoms with Crippen molar-refractivity contribution in [1.82, 2.24) is 10.2 Å². The highest BCUT2D eigenvalue weighted by molar-refractivity contribution is 5.80. The highest BCUT2D eigenvalue weighted by Crippen LogP contribution is 2.49. The molecule has 4 unspecified atom stereocenters. The van der Waals surface area contributed by atoms with Gasteiger partial charge in [0.05, 0.1) is 5.92 Å². The molecule has 0 bridgehead atoms. The van der Waals surface area contributed by atoms with Crippen LogP contribution in [0.3, 0.4) is 0 Å². The number of carbonyl (C=O) groups is 2. The topological polar surface area (TPSA) is 75.4 Å². The predicted octanol–water partition coefficient (Wildman–Crippen LogP) is 1.70. The third kappa shape index (κ3) is 3.08. The summed E-state index contributed by atoms with van der Waals surface area (Å²) < 4.78 is 0. The van der Waals surface area contributed by atoms with Crippen molar-refractivity contribution in [2.45, 2.75) is 31.7 Å². The van der Waals surface area contributed by atoms with Gasteiger partial charge in [0.1, 0.15) is 0 Å². The summed E-state index contributed by atoms with van der Waals surface area (Å²) >= 11 is 0. The lowest BCUT2D eigenvalue weighted by atomic mass is 10.1. The predicted molar refractivity (Wildman–Crippen MR) is 84.2 cm³/mol. The summed E-state index contributed by atoms with van der Waals surface area (Å²) in [5.41, 5.74) is 6.66. The summed E-state index contributed by atoms with van der Waals surface area (Å²) in [4.78, 5) is 25.1. The van der Waals surface area contributed by atoms with E-state index in [0.29, 0.717) is 31.3 Å². The third-order valence-corrected chi connectivity index (χ3v) is 4.94. The van der Waals surface area contributed by atoms with Crippen molar-refractivity contribution in [1.29, 1.82) is 0 Å². The van der Waals surface area contributed by atoms with E-state index in [1.54, 1.807) is 4.90 Å². The van der Waals surface area contributed by atoms with Crippen LogP contribution in [0, 0.1) is 11.8 Å². The van der Waals surface area contributed by atoms with Crippen LogP contribution in [0.5, 0.6) is 0 Å². The Labute approximate surface area is 130 Å². The van der Waals surface area contributed by atoms with Gasteiger partial charge in [-0.25, -0.2) is 4.79 Å². The summed E-state index contributed by atoms with van der Waals surface area (Å²) in [7, 11) is 0. The number of likely N-dealkylation sites (tertiary alicyclic amines) is 1. The minimum atomic E-state index is -0.310. The van der Waals surface area contributed by atoms with Crippen LogP contribution in [-0.2, 0) is 4.79 Å². The van der Waals surface area contributed by atoms with E-state index in [-0.39, 0.29) is 23.9 Å². The fraction of sp³-hybridized carbons (Fsp3) is 0.529. The van der Waals surface area contributed by atoms with Gasteiger partial charge in [-0.1, -0.05) is 30.3 Å². The monoisotopic (exact) mass is 301 g/mol.